The van der Waals surface area contributed by atoms with Crippen LogP contribution in [0.2, 0.25) is 0 Å². The number of hydrogen-bond acceptors (Lipinski definition) is 6. The Labute approximate surface area is 238 Å². The maximum Gasteiger partial charge on any atom is 0.290 e. The number of H-pyrrole nitrogens is 1. The lowest BCUT2D eigenvalue weighted by molar-refractivity contribution is 0.0563. The van der Waals surface area contributed by atoms with Crippen LogP contribution in [0.4, 0.5) is 5.69 Å². The van der Waals surface area contributed by atoms with Crippen molar-refractivity contribution in [1.82, 2.24) is 19.9 Å². The van der Waals surface area contributed by atoms with Crippen molar-refractivity contribution in [2.45, 2.75) is 25.9 Å². The van der Waals surface area contributed by atoms with Crippen molar-refractivity contribution in [1.29, 1.82) is 5.26 Å². The molecule has 8 nitrogen and oxygen atoms in total. The van der Waals surface area contributed by atoms with E-state index in [0.29, 0.717) is 11.4 Å². The molecule has 1 saturated heterocycles. The minimum absolute atomic E-state index is 0.0334. The average Bonchev–Trinajstić information content (AvgIpc) is 3.55. The summed E-state index contributed by atoms with van der Waals surface area (Å²) in [5, 5.41) is 10.1. The number of carbonyl (C=O) groups is 1. The molecule has 1 N–H and O–H groups in total. The number of rotatable bonds is 5. The number of benzene rings is 3. The molecular formula is C33H30N6O2. The number of piperazine rings is 1. The molecule has 8 heteroatoms. The lowest BCUT2D eigenvalue weighted by Crippen LogP contribution is -2.59. The molecule has 0 radical (unpaired) electrons. The van der Waals surface area contributed by atoms with Gasteiger partial charge in [-0.15, -0.1) is 0 Å². The summed E-state index contributed by atoms with van der Waals surface area (Å²) < 4.78 is 5.94. The van der Waals surface area contributed by atoms with Crippen molar-refractivity contribution in [3.05, 3.63) is 96.7 Å². The van der Waals surface area contributed by atoms with Crippen molar-refractivity contribution in [3.8, 4) is 34.1 Å². The number of para-hydroxylation sites is 1. The highest BCUT2D eigenvalue weighted by molar-refractivity contribution is 6.00. The molecule has 3 heterocycles. The second-order valence-corrected chi connectivity index (χ2v) is 10.4. The lowest BCUT2D eigenvalue weighted by Gasteiger charge is -2.45. The number of aromatic amines is 1. The topological polar surface area (TPSA) is 98.1 Å². The zero-order chi connectivity index (χ0) is 28.5. The number of amides is 1. The van der Waals surface area contributed by atoms with Gasteiger partial charge < -0.3 is 19.5 Å². The summed E-state index contributed by atoms with van der Waals surface area (Å²) in [5.41, 5.74) is 6.48. The Morgan fingerprint density at radius 3 is 2.27 bits per heavy atom. The van der Waals surface area contributed by atoms with E-state index in [-0.39, 0.29) is 18.0 Å². The van der Waals surface area contributed by atoms with E-state index in [2.05, 4.69) is 59.1 Å². The highest BCUT2D eigenvalue weighted by Crippen LogP contribution is 2.39. The van der Waals surface area contributed by atoms with Gasteiger partial charge in [-0.25, -0.2) is 4.98 Å². The number of carbonyl (C=O) groups excluding carboxylic acids is 1. The van der Waals surface area contributed by atoms with Gasteiger partial charge >= 0.3 is 0 Å². The molecule has 5 aromatic rings. The number of ether oxygens (including phenoxy) is 1. The Morgan fingerprint density at radius 1 is 0.951 bits per heavy atom. The zero-order valence-electron chi connectivity index (χ0n) is 23.2. The number of hydrogen-bond donors (Lipinski definition) is 1. The van der Waals surface area contributed by atoms with E-state index in [9.17, 15) is 4.79 Å². The molecule has 1 fully saturated rings. The maximum absolute atomic E-state index is 13.0. The molecule has 0 aliphatic carbocycles. The van der Waals surface area contributed by atoms with E-state index < -0.39 is 0 Å². The Morgan fingerprint density at radius 2 is 1.63 bits per heavy atom. The minimum atomic E-state index is -0.0664. The fraction of sp³-hybridized carbons (Fsp3) is 0.212. The number of nitrogens with one attached hydrogen (secondary N) is 1. The van der Waals surface area contributed by atoms with E-state index >= 15 is 0 Å². The number of methoxy groups -OCH3 is 1. The number of pyridine rings is 1. The normalized spacial score (nSPS) is 16.9. The summed E-state index contributed by atoms with van der Waals surface area (Å²) in [6, 6.07) is 24.3. The Balaban J connectivity index is 1.27. The number of anilines is 1. The van der Waals surface area contributed by atoms with Crippen LogP contribution >= 0.6 is 0 Å². The van der Waals surface area contributed by atoms with Gasteiger partial charge in [0, 0.05) is 66.0 Å². The van der Waals surface area contributed by atoms with Crippen LogP contribution < -0.4 is 9.64 Å². The van der Waals surface area contributed by atoms with Crippen molar-refractivity contribution in [3.63, 3.8) is 0 Å². The third-order valence-electron chi connectivity index (χ3n) is 7.77. The number of aromatic nitrogens is 3. The molecule has 6 rings (SSSR count). The third kappa shape index (κ3) is 4.76. The van der Waals surface area contributed by atoms with Crippen molar-refractivity contribution in [2.24, 2.45) is 0 Å². The molecule has 1 aliphatic rings. The predicted octanol–water partition coefficient (Wildman–Crippen LogP) is 5.91. The monoisotopic (exact) mass is 542 g/mol. The van der Waals surface area contributed by atoms with Crippen LogP contribution in [-0.4, -0.2) is 58.0 Å². The molecule has 2 atom stereocenters. The van der Waals surface area contributed by atoms with E-state index in [1.807, 2.05) is 53.6 Å². The number of nitrogens with zero attached hydrogens (tertiary/aromatic N) is 5. The van der Waals surface area contributed by atoms with Crippen LogP contribution in [0.25, 0.3) is 33.2 Å². The first-order valence-corrected chi connectivity index (χ1v) is 13.6. The van der Waals surface area contributed by atoms with Crippen LogP contribution in [0.3, 0.4) is 0 Å². The third-order valence-corrected chi connectivity index (χ3v) is 7.77. The van der Waals surface area contributed by atoms with Gasteiger partial charge in [0.05, 0.1) is 24.3 Å². The first kappa shape index (κ1) is 26.1. The van der Waals surface area contributed by atoms with Gasteiger partial charge in [0.25, 0.3) is 5.91 Å². The summed E-state index contributed by atoms with van der Waals surface area (Å²) in [4.78, 5) is 29.2. The van der Waals surface area contributed by atoms with Gasteiger partial charge in [-0.2, -0.15) is 5.26 Å². The van der Waals surface area contributed by atoms with Crippen molar-refractivity contribution >= 4 is 22.5 Å². The molecule has 0 bridgehead atoms. The summed E-state index contributed by atoms with van der Waals surface area (Å²) >= 11 is 0. The molecule has 0 spiro atoms. The molecule has 1 amide bonds. The maximum atomic E-state index is 13.0. The van der Waals surface area contributed by atoms with Crippen LogP contribution in [-0.2, 0) is 0 Å². The van der Waals surface area contributed by atoms with E-state index in [1.54, 1.807) is 19.5 Å². The lowest BCUT2D eigenvalue weighted by atomic mass is 9.97. The van der Waals surface area contributed by atoms with Crippen molar-refractivity contribution < 1.29 is 9.53 Å². The molecule has 2 aromatic heterocycles. The molecule has 41 heavy (non-hydrogen) atoms. The smallest absolute Gasteiger partial charge is 0.290 e. The highest BCUT2D eigenvalue weighted by atomic mass is 16.5. The minimum Gasteiger partial charge on any atom is -0.495 e. The average molecular weight is 543 g/mol. The predicted molar refractivity (Wildman–Crippen MR) is 160 cm³/mol. The Hall–Kier alpha value is -5.16. The first-order chi connectivity index (χ1) is 20.0. The largest absolute Gasteiger partial charge is 0.495 e. The van der Waals surface area contributed by atoms with E-state index in [0.717, 1.165) is 57.7 Å². The van der Waals surface area contributed by atoms with Gasteiger partial charge in [-0.1, -0.05) is 36.4 Å². The Bertz CT molecular complexity index is 1730. The van der Waals surface area contributed by atoms with Crippen molar-refractivity contribution in [2.75, 3.05) is 25.1 Å². The molecule has 0 saturated carbocycles. The highest BCUT2D eigenvalue weighted by Gasteiger charge is 2.34. The second kappa shape index (κ2) is 10.8. The van der Waals surface area contributed by atoms with Gasteiger partial charge in [0.2, 0.25) is 0 Å². The zero-order valence-corrected chi connectivity index (χ0v) is 23.2. The summed E-state index contributed by atoms with van der Waals surface area (Å²) in [7, 11) is 1.69. The molecule has 1 aliphatic heterocycles. The molecule has 3 aromatic carbocycles. The van der Waals surface area contributed by atoms with Gasteiger partial charge in [0.15, 0.2) is 5.82 Å². The Kier molecular flexibility index (Phi) is 6.86. The summed E-state index contributed by atoms with van der Waals surface area (Å²) in [5.74, 6) is 1.08. The molecular weight excluding hydrogens is 512 g/mol. The molecule has 204 valence electrons. The number of imidazole rings is 1. The second-order valence-electron chi connectivity index (χ2n) is 10.4. The van der Waals surface area contributed by atoms with Crippen LogP contribution in [0, 0.1) is 11.3 Å². The first-order valence-electron chi connectivity index (χ1n) is 13.6. The number of nitriles is 1. The van der Waals surface area contributed by atoms with Crippen LogP contribution in [0.5, 0.6) is 5.75 Å². The summed E-state index contributed by atoms with van der Waals surface area (Å²) in [6.07, 6.45) is 5.15. The standard InChI is InChI=1S/C33H30N6O2/c1-21-19-38(20-22(2)39(21)33(40)32-35-15-16-36-32)26-13-11-25(12-14-26)29-18-37-30-27(5-4-6-28(30)31(29)41-3)24-9-7-23(17-34)8-10-24/h4-16,18,21-22H,19-20H2,1-3H3,(H,35,36). The quantitative estimate of drug-likeness (QED) is 0.296. The van der Waals surface area contributed by atoms with Gasteiger partial charge in [-0.3, -0.25) is 9.78 Å². The molecule has 2 unspecified atom stereocenters. The van der Waals surface area contributed by atoms with Gasteiger partial charge in [-0.05, 0) is 55.3 Å². The fourth-order valence-corrected chi connectivity index (χ4v) is 5.87. The van der Waals surface area contributed by atoms with E-state index in [4.69, 9.17) is 15.0 Å². The van der Waals surface area contributed by atoms with E-state index in [1.165, 1.54) is 0 Å². The van der Waals surface area contributed by atoms with Gasteiger partial charge in [0.1, 0.15) is 5.75 Å². The number of fused-ring (bicyclic) bond motifs is 1. The SMILES string of the molecule is COc1c(-c2ccc(N3CC(C)N(C(=O)c4ncc[nH]4)C(C)C3)cc2)cnc2c(-c3ccc(C#N)cc3)cccc12. The summed E-state index contributed by atoms with van der Waals surface area (Å²) in [6.45, 7) is 5.62. The van der Waals surface area contributed by atoms with Crippen LogP contribution in [0.1, 0.15) is 30.0 Å². The fourth-order valence-electron chi connectivity index (χ4n) is 5.87. The van der Waals surface area contributed by atoms with Crippen LogP contribution in [0.15, 0.2) is 85.3 Å².